The second-order valence-corrected chi connectivity index (χ2v) is 3.04. The largest absolute Gasteiger partial charge is 0.373 e. The van der Waals surface area contributed by atoms with Crippen molar-refractivity contribution in [3.8, 4) is 0 Å². The fourth-order valence-corrected chi connectivity index (χ4v) is 1.61. The van der Waals surface area contributed by atoms with Crippen molar-refractivity contribution in [2.45, 2.75) is 12.5 Å². The molecule has 2 aliphatic rings. The van der Waals surface area contributed by atoms with E-state index >= 15 is 0 Å². The summed E-state index contributed by atoms with van der Waals surface area (Å²) in [5.41, 5.74) is 1.31. The van der Waals surface area contributed by atoms with E-state index in [9.17, 15) is 0 Å². The molecule has 0 aromatic rings. The van der Waals surface area contributed by atoms with Gasteiger partial charge < -0.3 is 4.74 Å². The summed E-state index contributed by atoms with van der Waals surface area (Å²) >= 11 is 0. The van der Waals surface area contributed by atoms with E-state index in [1.165, 1.54) is 5.57 Å². The summed E-state index contributed by atoms with van der Waals surface area (Å²) in [5.74, 6) is 0.439. The van der Waals surface area contributed by atoms with Crippen LogP contribution in [0.3, 0.4) is 0 Å². The molecule has 0 aromatic carbocycles. The van der Waals surface area contributed by atoms with Crippen molar-refractivity contribution in [3.63, 3.8) is 0 Å². The molecule has 11 heavy (non-hydrogen) atoms. The Kier molecular flexibility index (Phi) is 1.66. The molecule has 1 fully saturated rings. The van der Waals surface area contributed by atoms with Gasteiger partial charge in [-0.3, -0.25) is 0 Å². The van der Waals surface area contributed by atoms with E-state index in [2.05, 4.69) is 24.8 Å². The van der Waals surface area contributed by atoms with Gasteiger partial charge in [0, 0.05) is 5.92 Å². The Morgan fingerprint density at radius 3 is 3.00 bits per heavy atom. The topological polar surface area (TPSA) is 9.23 Å². The highest BCUT2D eigenvalue weighted by atomic mass is 16.5. The molecule has 1 nitrogen and oxygen atoms in total. The lowest BCUT2D eigenvalue weighted by atomic mass is 9.87. The van der Waals surface area contributed by atoms with Gasteiger partial charge in [-0.2, -0.15) is 0 Å². The van der Waals surface area contributed by atoms with Gasteiger partial charge in [-0.05, 0) is 6.42 Å². The maximum Gasteiger partial charge on any atom is 0.0858 e. The minimum atomic E-state index is 0.265. The molecule has 1 aliphatic heterocycles. The van der Waals surface area contributed by atoms with Crippen molar-refractivity contribution in [2.75, 3.05) is 6.61 Å². The van der Waals surface area contributed by atoms with E-state index in [1.54, 1.807) is 0 Å². The standard InChI is InChI=1S/C10H12O/c1-8-6-7-11-10-5-3-2-4-9(8)10/h2-5,9-10H,1,6-7H2/t9?,10-/m0/s1. The molecule has 1 aliphatic carbocycles. The Morgan fingerprint density at radius 1 is 1.36 bits per heavy atom. The first-order valence-electron chi connectivity index (χ1n) is 4.02. The summed E-state index contributed by atoms with van der Waals surface area (Å²) in [6.07, 6.45) is 9.67. The molecule has 0 spiro atoms. The first kappa shape index (κ1) is 6.86. The minimum Gasteiger partial charge on any atom is -0.373 e. The number of fused-ring (bicyclic) bond motifs is 1. The van der Waals surface area contributed by atoms with Crippen LogP contribution in [0, 0.1) is 5.92 Å². The minimum absolute atomic E-state index is 0.265. The van der Waals surface area contributed by atoms with Crippen LogP contribution in [0.2, 0.25) is 0 Å². The summed E-state index contributed by atoms with van der Waals surface area (Å²) < 4.78 is 5.55. The van der Waals surface area contributed by atoms with Gasteiger partial charge in [0.2, 0.25) is 0 Å². The van der Waals surface area contributed by atoms with Crippen LogP contribution in [0.5, 0.6) is 0 Å². The van der Waals surface area contributed by atoms with Gasteiger partial charge in [0.25, 0.3) is 0 Å². The Labute approximate surface area is 67.1 Å². The Hall–Kier alpha value is -0.820. The molecule has 0 radical (unpaired) electrons. The molecule has 0 N–H and O–H groups in total. The normalized spacial score (nSPS) is 35.5. The summed E-state index contributed by atoms with van der Waals surface area (Å²) in [4.78, 5) is 0. The van der Waals surface area contributed by atoms with Crippen LogP contribution in [0.15, 0.2) is 36.5 Å². The predicted octanol–water partition coefficient (Wildman–Crippen LogP) is 2.07. The van der Waals surface area contributed by atoms with Gasteiger partial charge in [0.1, 0.15) is 0 Å². The zero-order chi connectivity index (χ0) is 7.68. The van der Waals surface area contributed by atoms with E-state index in [4.69, 9.17) is 4.74 Å². The first-order chi connectivity index (χ1) is 5.38. The average molecular weight is 148 g/mol. The van der Waals surface area contributed by atoms with E-state index < -0.39 is 0 Å². The van der Waals surface area contributed by atoms with Gasteiger partial charge >= 0.3 is 0 Å². The molecular formula is C10H12O. The highest BCUT2D eigenvalue weighted by molar-refractivity contribution is 5.25. The van der Waals surface area contributed by atoms with Crippen molar-refractivity contribution >= 4 is 0 Å². The Morgan fingerprint density at radius 2 is 2.18 bits per heavy atom. The molecule has 1 unspecified atom stereocenters. The van der Waals surface area contributed by atoms with E-state index in [0.29, 0.717) is 5.92 Å². The molecule has 0 aromatic heterocycles. The predicted molar refractivity (Wildman–Crippen MR) is 45.3 cm³/mol. The first-order valence-corrected chi connectivity index (χ1v) is 4.02. The van der Waals surface area contributed by atoms with Crippen LogP contribution in [-0.4, -0.2) is 12.7 Å². The molecule has 0 saturated carbocycles. The molecule has 0 amide bonds. The molecule has 1 heteroatoms. The van der Waals surface area contributed by atoms with Gasteiger partial charge in [-0.15, -0.1) is 0 Å². The third-order valence-electron chi connectivity index (χ3n) is 2.29. The molecule has 0 bridgehead atoms. The highest BCUT2D eigenvalue weighted by Crippen LogP contribution is 2.28. The van der Waals surface area contributed by atoms with Gasteiger partial charge in [-0.25, -0.2) is 0 Å². The average Bonchev–Trinajstić information content (AvgIpc) is 2.06. The summed E-state index contributed by atoms with van der Waals surface area (Å²) in [6.45, 7) is 4.86. The maximum absolute atomic E-state index is 5.55. The van der Waals surface area contributed by atoms with Gasteiger partial charge in [0.15, 0.2) is 0 Å². The maximum atomic E-state index is 5.55. The van der Waals surface area contributed by atoms with Crippen molar-refractivity contribution in [1.29, 1.82) is 0 Å². The summed E-state index contributed by atoms with van der Waals surface area (Å²) in [6, 6.07) is 0. The number of ether oxygens (including phenoxy) is 1. The van der Waals surface area contributed by atoms with E-state index in [0.717, 1.165) is 13.0 Å². The number of hydrogen-bond donors (Lipinski definition) is 0. The van der Waals surface area contributed by atoms with Crippen molar-refractivity contribution < 1.29 is 4.74 Å². The van der Waals surface area contributed by atoms with E-state index in [-0.39, 0.29) is 6.10 Å². The molecular weight excluding hydrogens is 136 g/mol. The zero-order valence-corrected chi connectivity index (χ0v) is 6.49. The van der Waals surface area contributed by atoms with Crippen LogP contribution < -0.4 is 0 Å². The monoisotopic (exact) mass is 148 g/mol. The van der Waals surface area contributed by atoms with Gasteiger partial charge in [-0.1, -0.05) is 36.5 Å². The SMILES string of the molecule is C=C1CCO[C@H]2C=CC=CC12. The fraction of sp³-hybridized carbons (Fsp3) is 0.400. The van der Waals surface area contributed by atoms with Crippen LogP contribution in [0.1, 0.15) is 6.42 Å². The fourth-order valence-electron chi connectivity index (χ4n) is 1.61. The molecule has 58 valence electrons. The quantitative estimate of drug-likeness (QED) is 0.478. The van der Waals surface area contributed by atoms with Crippen molar-refractivity contribution in [3.05, 3.63) is 36.5 Å². The number of rotatable bonds is 0. The van der Waals surface area contributed by atoms with Crippen molar-refractivity contribution in [2.24, 2.45) is 5.92 Å². The Balaban J connectivity index is 2.20. The van der Waals surface area contributed by atoms with Crippen molar-refractivity contribution in [1.82, 2.24) is 0 Å². The third-order valence-corrected chi connectivity index (χ3v) is 2.29. The lowest BCUT2D eigenvalue weighted by Gasteiger charge is -2.31. The number of hydrogen-bond acceptors (Lipinski definition) is 1. The summed E-state index contributed by atoms with van der Waals surface area (Å²) in [7, 11) is 0. The molecule has 2 atom stereocenters. The molecule has 1 heterocycles. The highest BCUT2D eigenvalue weighted by Gasteiger charge is 2.25. The van der Waals surface area contributed by atoms with Crippen LogP contribution >= 0.6 is 0 Å². The lowest BCUT2D eigenvalue weighted by Crippen LogP contribution is -2.29. The van der Waals surface area contributed by atoms with Crippen LogP contribution in [-0.2, 0) is 4.74 Å². The number of allylic oxidation sites excluding steroid dienone is 2. The Bertz CT molecular complexity index is 225. The van der Waals surface area contributed by atoms with E-state index in [1.807, 2.05) is 6.08 Å². The molecule has 1 saturated heterocycles. The van der Waals surface area contributed by atoms with Gasteiger partial charge in [0.05, 0.1) is 12.7 Å². The zero-order valence-electron chi connectivity index (χ0n) is 6.49. The lowest BCUT2D eigenvalue weighted by molar-refractivity contribution is 0.0442. The molecule has 2 rings (SSSR count). The smallest absolute Gasteiger partial charge is 0.0858 e. The third kappa shape index (κ3) is 1.16. The summed E-state index contributed by atoms with van der Waals surface area (Å²) in [5, 5.41) is 0. The second kappa shape index (κ2) is 2.67. The van der Waals surface area contributed by atoms with Crippen LogP contribution in [0.25, 0.3) is 0 Å². The van der Waals surface area contributed by atoms with Crippen LogP contribution in [0.4, 0.5) is 0 Å². The second-order valence-electron chi connectivity index (χ2n) is 3.04.